The quantitative estimate of drug-likeness (QED) is 0.331. The average Bonchev–Trinajstić information content (AvgIpc) is 2.65. The van der Waals surface area contributed by atoms with Gasteiger partial charge in [0.25, 0.3) is 0 Å². The number of rotatable bonds is 8. The fourth-order valence-electron chi connectivity index (χ4n) is 2.41. The molecule has 0 spiro atoms. The minimum atomic E-state index is 0. The van der Waals surface area contributed by atoms with Gasteiger partial charge in [0.2, 0.25) is 0 Å². The van der Waals surface area contributed by atoms with Crippen molar-refractivity contribution in [2.45, 2.75) is 26.8 Å². The number of anilines is 1. The van der Waals surface area contributed by atoms with Gasteiger partial charge in [0, 0.05) is 17.3 Å². The maximum absolute atomic E-state index is 6.02. The Labute approximate surface area is 178 Å². The van der Waals surface area contributed by atoms with Crippen molar-refractivity contribution >= 4 is 35.6 Å². The van der Waals surface area contributed by atoms with E-state index >= 15 is 0 Å². The minimum Gasteiger partial charge on any atom is -0.493 e. The third kappa shape index (κ3) is 6.82. The summed E-state index contributed by atoms with van der Waals surface area (Å²) in [5.41, 5.74) is 8.95. The molecule has 0 radical (unpaired) electrons. The number of benzene rings is 2. The minimum absolute atomic E-state index is 0. The van der Waals surface area contributed by atoms with E-state index < -0.39 is 0 Å². The van der Waals surface area contributed by atoms with Crippen LogP contribution in [-0.2, 0) is 6.54 Å². The van der Waals surface area contributed by atoms with Gasteiger partial charge in [-0.05, 0) is 37.1 Å². The van der Waals surface area contributed by atoms with E-state index in [4.69, 9.17) is 19.9 Å². The summed E-state index contributed by atoms with van der Waals surface area (Å²) in [5.74, 6) is 2.46. The van der Waals surface area contributed by atoms with Crippen molar-refractivity contribution in [2.75, 3.05) is 26.1 Å². The first kappa shape index (κ1) is 22.9. The molecule has 0 fully saturated rings. The van der Waals surface area contributed by atoms with Gasteiger partial charge in [0.15, 0.2) is 17.5 Å². The number of halogens is 1. The summed E-state index contributed by atoms with van der Waals surface area (Å²) >= 11 is 0. The van der Waals surface area contributed by atoms with Crippen LogP contribution in [0.2, 0.25) is 0 Å². The fourth-order valence-corrected chi connectivity index (χ4v) is 2.41. The summed E-state index contributed by atoms with van der Waals surface area (Å²) in [7, 11) is 3.19. The van der Waals surface area contributed by atoms with Crippen LogP contribution in [0.5, 0.6) is 17.2 Å². The number of nitrogens with two attached hydrogens (primary N) is 1. The van der Waals surface area contributed by atoms with Crippen LogP contribution >= 0.6 is 24.0 Å². The van der Waals surface area contributed by atoms with Crippen LogP contribution in [0.15, 0.2) is 41.4 Å². The maximum atomic E-state index is 6.02. The lowest BCUT2D eigenvalue weighted by molar-refractivity contribution is 0.314. The predicted octanol–water partition coefficient (Wildman–Crippen LogP) is 4.35. The molecule has 0 amide bonds. The molecule has 0 aliphatic rings. The molecular weight excluding hydrogens is 457 g/mol. The van der Waals surface area contributed by atoms with Gasteiger partial charge >= 0.3 is 0 Å². The molecule has 2 aromatic rings. The number of guanidine groups is 1. The molecule has 2 aromatic carbocycles. The second-order valence-electron chi connectivity index (χ2n) is 5.86. The standard InChI is InChI=1S/C20H27N3O3.HI/c1-5-10-26-18-11-14(2)6-7-15(18)13-22-20(21)23-16-8-9-17(24-3)19(12-16)25-4;/h6-9,11-12H,5,10,13H2,1-4H3,(H3,21,22,23);1H. The van der Waals surface area contributed by atoms with Crippen LogP contribution in [0.1, 0.15) is 24.5 Å². The van der Waals surface area contributed by atoms with Crippen LogP contribution < -0.4 is 25.3 Å². The molecule has 0 saturated heterocycles. The summed E-state index contributed by atoms with van der Waals surface area (Å²) in [6.45, 7) is 5.24. The highest BCUT2D eigenvalue weighted by atomic mass is 127. The number of hydrogen-bond donors (Lipinski definition) is 2. The van der Waals surface area contributed by atoms with Crippen molar-refractivity contribution in [2.24, 2.45) is 10.7 Å². The molecule has 7 heteroatoms. The molecule has 0 unspecified atom stereocenters. The molecular formula is C20H28IN3O3. The SMILES string of the molecule is CCCOc1cc(C)ccc1CN=C(N)Nc1ccc(OC)c(OC)c1.I. The van der Waals surface area contributed by atoms with Gasteiger partial charge in [0.05, 0.1) is 27.4 Å². The van der Waals surface area contributed by atoms with Gasteiger partial charge in [-0.1, -0.05) is 19.1 Å². The number of ether oxygens (including phenoxy) is 3. The monoisotopic (exact) mass is 485 g/mol. The predicted molar refractivity (Wildman–Crippen MR) is 121 cm³/mol. The Hall–Kier alpha value is -2.16. The Kier molecular flexibility index (Phi) is 9.77. The molecule has 0 heterocycles. The van der Waals surface area contributed by atoms with Gasteiger partial charge in [-0.25, -0.2) is 4.99 Å². The highest BCUT2D eigenvalue weighted by molar-refractivity contribution is 14.0. The summed E-state index contributed by atoms with van der Waals surface area (Å²) in [6.07, 6.45) is 0.958. The van der Waals surface area contributed by atoms with Crippen molar-refractivity contribution < 1.29 is 14.2 Å². The number of methoxy groups -OCH3 is 2. The lowest BCUT2D eigenvalue weighted by Gasteiger charge is -2.12. The lowest BCUT2D eigenvalue weighted by Crippen LogP contribution is -2.22. The molecule has 148 valence electrons. The molecule has 0 aromatic heterocycles. The number of hydrogen-bond acceptors (Lipinski definition) is 4. The fraction of sp³-hybridized carbons (Fsp3) is 0.350. The van der Waals surface area contributed by atoms with Crippen LogP contribution in [0, 0.1) is 6.92 Å². The molecule has 6 nitrogen and oxygen atoms in total. The van der Waals surface area contributed by atoms with Crippen molar-refractivity contribution in [3.63, 3.8) is 0 Å². The zero-order chi connectivity index (χ0) is 18.9. The first-order valence-corrected chi connectivity index (χ1v) is 8.58. The molecule has 0 bridgehead atoms. The highest BCUT2D eigenvalue weighted by Crippen LogP contribution is 2.29. The molecule has 0 saturated carbocycles. The Morgan fingerprint density at radius 2 is 1.78 bits per heavy atom. The van der Waals surface area contributed by atoms with Gasteiger partial charge in [-0.15, -0.1) is 24.0 Å². The maximum Gasteiger partial charge on any atom is 0.193 e. The Bertz CT molecular complexity index is 766. The first-order chi connectivity index (χ1) is 12.6. The zero-order valence-corrected chi connectivity index (χ0v) is 18.6. The van der Waals surface area contributed by atoms with E-state index in [1.807, 2.05) is 43.3 Å². The number of aliphatic imine (C=N–C) groups is 1. The topological polar surface area (TPSA) is 78.1 Å². The summed E-state index contributed by atoms with van der Waals surface area (Å²) in [6, 6.07) is 11.6. The van der Waals surface area contributed by atoms with E-state index in [0.29, 0.717) is 30.6 Å². The van der Waals surface area contributed by atoms with Gasteiger partial charge in [0.1, 0.15) is 5.75 Å². The third-order valence-electron chi connectivity index (χ3n) is 3.76. The van der Waals surface area contributed by atoms with Crippen LogP contribution in [0.25, 0.3) is 0 Å². The van der Waals surface area contributed by atoms with Crippen LogP contribution in [0.3, 0.4) is 0 Å². The number of nitrogens with one attached hydrogen (secondary N) is 1. The summed E-state index contributed by atoms with van der Waals surface area (Å²) in [4.78, 5) is 4.42. The van der Waals surface area contributed by atoms with E-state index in [2.05, 4.69) is 17.2 Å². The lowest BCUT2D eigenvalue weighted by atomic mass is 10.1. The highest BCUT2D eigenvalue weighted by Gasteiger charge is 2.06. The summed E-state index contributed by atoms with van der Waals surface area (Å²) < 4.78 is 16.3. The third-order valence-corrected chi connectivity index (χ3v) is 3.76. The van der Waals surface area contributed by atoms with E-state index in [0.717, 1.165) is 29.0 Å². The van der Waals surface area contributed by atoms with E-state index in [1.54, 1.807) is 14.2 Å². The molecule has 0 atom stereocenters. The van der Waals surface area contributed by atoms with Crippen molar-refractivity contribution in [1.29, 1.82) is 0 Å². The molecule has 3 N–H and O–H groups in total. The van der Waals surface area contributed by atoms with Gasteiger partial charge < -0.3 is 25.3 Å². The number of aryl methyl sites for hydroxylation is 1. The molecule has 0 aliphatic carbocycles. The average molecular weight is 485 g/mol. The van der Waals surface area contributed by atoms with Crippen molar-refractivity contribution in [1.82, 2.24) is 0 Å². The van der Waals surface area contributed by atoms with Crippen molar-refractivity contribution in [3.8, 4) is 17.2 Å². The normalized spacial score (nSPS) is 10.7. The van der Waals surface area contributed by atoms with E-state index in [9.17, 15) is 0 Å². The summed E-state index contributed by atoms with van der Waals surface area (Å²) in [5, 5.41) is 3.06. The van der Waals surface area contributed by atoms with E-state index in [-0.39, 0.29) is 24.0 Å². The van der Waals surface area contributed by atoms with E-state index in [1.165, 1.54) is 0 Å². The van der Waals surface area contributed by atoms with Gasteiger partial charge in [-0.3, -0.25) is 0 Å². The van der Waals surface area contributed by atoms with Crippen LogP contribution in [0.4, 0.5) is 5.69 Å². The Morgan fingerprint density at radius 1 is 1.04 bits per heavy atom. The van der Waals surface area contributed by atoms with Gasteiger partial charge in [-0.2, -0.15) is 0 Å². The molecule has 2 rings (SSSR count). The largest absolute Gasteiger partial charge is 0.493 e. The van der Waals surface area contributed by atoms with Crippen molar-refractivity contribution in [3.05, 3.63) is 47.5 Å². The number of nitrogens with zero attached hydrogens (tertiary/aromatic N) is 1. The first-order valence-electron chi connectivity index (χ1n) is 8.58. The molecule has 27 heavy (non-hydrogen) atoms. The smallest absolute Gasteiger partial charge is 0.193 e. The Morgan fingerprint density at radius 3 is 2.44 bits per heavy atom. The van der Waals surface area contributed by atoms with Crippen LogP contribution in [-0.4, -0.2) is 26.8 Å². The second-order valence-corrected chi connectivity index (χ2v) is 5.86. The zero-order valence-electron chi connectivity index (χ0n) is 16.2. The Balaban J connectivity index is 0.00000364. The second kappa shape index (κ2) is 11.5. The molecule has 0 aliphatic heterocycles.